The van der Waals surface area contributed by atoms with Gasteiger partial charge in [-0.05, 0) is 86.5 Å². The van der Waals surface area contributed by atoms with Gasteiger partial charge in [0.1, 0.15) is 11.6 Å². The van der Waals surface area contributed by atoms with Gasteiger partial charge in [-0.1, -0.05) is 12.1 Å². The predicted molar refractivity (Wildman–Crippen MR) is 118 cm³/mol. The van der Waals surface area contributed by atoms with Gasteiger partial charge in [0.2, 0.25) is 0 Å². The van der Waals surface area contributed by atoms with E-state index < -0.39 is 21.9 Å². The van der Waals surface area contributed by atoms with Crippen molar-refractivity contribution in [1.29, 1.82) is 0 Å². The lowest BCUT2D eigenvalue weighted by Gasteiger charge is -2.17. The van der Waals surface area contributed by atoms with Crippen molar-refractivity contribution >= 4 is 27.3 Å². The minimum atomic E-state index is -3.85. The van der Waals surface area contributed by atoms with Crippen LogP contribution in [-0.4, -0.2) is 20.4 Å². The summed E-state index contributed by atoms with van der Waals surface area (Å²) in [6, 6.07) is 16.5. The SMILES string of the molecule is Cc1ccc(C)c(O[C@H](C)C(=O)Nc2ccc(S(=O)(=O)Nc3ccc(F)cc3)cc2)c1. The normalized spacial score (nSPS) is 12.1. The lowest BCUT2D eigenvalue weighted by Crippen LogP contribution is -2.30. The molecule has 3 aromatic rings. The summed E-state index contributed by atoms with van der Waals surface area (Å²) in [6.07, 6.45) is -0.746. The van der Waals surface area contributed by atoms with Crippen LogP contribution in [0, 0.1) is 19.7 Å². The number of anilines is 2. The molecule has 0 spiro atoms. The van der Waals surface area contributed by atoms with E-state index in [1.54, 1.807) is 6.92 Å². The summed E-state index contributed by atoms with van der Waals surface area (Å²) in [5.74, 6) is -0.185. The standard InChI is InChI=1S/C23H23FN2O4S/c1-15-4-5-16(2)22(14-15)30-17(3)23(27)25-19-10-12-21(13-11-19)31(28,29)26-20-8-6-18(24)7-9-20/h4-14,17,26H,1-3H3,(H,25,27)/t17-/m1/s1. The first-order valence-electron chi connectivity index (χ1n) is 9.57. The summed E-state index contributed by atoms with van der Waals surface area (Å²) in [5, 5.41) is 2.71. The predicted octanol–water partition coefficient (Wildman–Crippen LogP) is 4.65. The zero-order valence-electron chi connectivity index (χ0n) is 17.3. The lowest BCUT2D eigenvalue weighted by atomic mass is 10.1. The van der Waals surface area contributed by atoms with Crippen molar-refractivity contribution in [1.82, 2.24) is 0 Å². The van der Waals surface area contributed by atoms with E-state index in [0.29, 0.717) is 11.4 Å². The molecule has 0 aliphatic carbocycles. The minimum Gasteiger partial charge on any atom is -0.481 e. The van der Waals surface area contributed by atoms with Gasteiger partial charge >= 0.3 is 0 Å². The molecule has 0 fully saturated rings. The molecule has 162 valence electrons. The molecule has 0 radical (unpaired) electrons. The van der Waals surface area contributed by atoms with Crippen LogP contribution in [0.1, 0.15) is 18.1 Å². The zero-order chi connectivity index (χ0) is 22.6. The summed E-state index contributed by atoms with van der Waals surface area (Å²) < 4.78 is 46.1. The largest absolute Gasteiger partial charge is 0.481 e. The van der Waals surface area contributed by atoms with Crippen LogP contribution in [0.3, 0.4) is 0 Å². The Morgan fingerprint density at radius 3 is 2.19 bits per heavy atom. The molecule has 6 nitrogen and oxygen atoms in total. The molecule has 1 atom stereocenters. The number of nitrogens with one attached hydrogen (secondary N) is 2. The Hall–Kier alpha value is -3.39. The molecule has 3 aromatic carbocycles. The van der Waals surface area contributed by atoms with E-state index in [-0.39, 0.29) is 16.5 Å². The van der Waals surface area contributed by atoms with Crippen LogP contribution in [0.25, 0.3) is 0 Å². The van der Waals surface area contributed by atoms with Crippen LogP contribution < -0.4 is 14.8 Å². The van der Waals surface area contributed by atoms with Crippen molar-refractivity contribution in [3.05, 3.63) is 83.7 Å². The molecule has 1 amide bonds. The number of amides is 1. The van der Waals surface area contributed by atoms with E-state index in [9.17, 15) is 17.6 Å². The molecule has 0 saturated heterocycles. The second-order valence-corrected chi connectivity index (χ2v) is 8.84. The molecule has 0 bridgehead atoms. The topological polar surface area (TPSA) is 84.5 Å². The third-order valence-corrected chi connectivity index (χ3v) is 5.94. The summed E-state index contributed by atoms with van der Waals surface area (Å²) in [5.41, 5.74) is 2.63. The Kier molecular flexibility index (Phi) is 6.60. The van der Waals surface area contributed by atoms with Gasteiger partial charge in [-0.2, -0.15) is 0 Å². The third kappa shape index (κ3) is 5.82. The molecule has 3 rings (SSSR count). The molecule has 31 heavy (non-hydrogen) atoms. The molecular weight excluding hydrogens is 419 g/mol. The fourth-order valence-corrected chi connectivity index (χ4v) is 3.83. The number of carbonyl (C=O) groups is 1. The number of benzene rings is 3. The Balaban J connectivity index is 1.64. The fourth-order valence-electron chi connectivity index (χ4n) is 2.77. The molecule has 0 heterocycles. The van der Waals surface area contributed by atoms with Crippen LogP contribution in [0.4, 0.5) is 15.8 Å². The van der Waals surface area contributed by atoms with Gasteiger partial charge in [0.05, 0.1) is 4.90 Å². The number of hydrogen-bond donors (Lipinski definition) is 2. The molecule has 0 saturated carbocycles. The van der Waals surface area contributed by atoms with Crippen LogP contribution >= 0.6 is 0 Å². The molecule has 0 aliphatic heterocycles. The maximum absolute atomic E-state index is 13.0. The fraction of sp³-hybridized carbons (Fsp3) is 0.174. The number of hydrogen-bond acceptors (Lipinski definition) is 4. The van der Waals surface area contributed by atoms with Crippen molar-refractivity contribution in [2.45, 2.75) is 31.8 Å². The van der Waals surface area contributed by atoms with Crippen molar-refractivity contribution in [3.8, 4) is 5.75 Å². The van der Waals surface area contributed by atoms with Gasteiger partial charge in [0.15, 0.2) is 6.10 Å². The molecule has 8 heteroatoms. The van der Waals surface area contributed by atoms with Crippen molar-refractivity contribution < 1.29 is 22.3 Å². The van der Waals surface area contributed by atoms with Gasteiger partial charge in [-0.15, -0.1) is 0 Å². The number of halogens is 1. The van der Waals surface area contributed by atoms with E-state index in [1.165, 1.54) is 36.4 Å². The Bertz CT molecular complexity index is 1180. The maximum Gasteiger partial charge on any atom is 0.265 e. The van der Waals surface area contributed by atoms with Crippen LogP contribution in [-0.2, 0) is 14.8 Å². The number of carbonyl (C=O) groups excluding carboxylic acids is 1. The van der Waals surface area contributed by atoms with E-state index >= 15 is 0 Å². The molecule has 2 N–H and O–H groups in total. The van der Waals surface area contributed by atoms with Gasteiger partial charge in [0.25, 0.3) is 15.9 Å². The first-order valence-corrected chi connectivity index (χ1v) is 11.1. The van der Waals surface area contributed by atoms with Crippen molar-refractivity contribution in [2.75, 3.05) is 10.0 Å². The van der Waals surface area contributed by atoms with E-state index in [0.717, 1.165) is 23.3 Å². The first kappa shape index (κ1) is 22.3. The smallest absolute Gasteiger partial charge is 0.265 e. The Labute approximate surface area is 181 Å². The first-order chi connectivity index (χ1) is 14.6. The second kappa shape index (κ2) is 9.18. The van der Waals surface area contributed by atoms with Gasteiger partial charge < -0.3 is 10.1 Å². The molecule has 0 aliphatic rings. The number of rotatable bonds is 7. The number of sulfonamides is 1. The molecule has 0 unspecified atom stereocenters. The molecule has 0 aromatic heterocycles. The average molecular weight is 443 g/mol. The number of aryl methyl sites for hydroxylation is 2. The highest BCUT2D eigenvalue weighted by atomic mass is 32.2. The van der Waals surface area contributed by atoms with E-state index in [4.69, 9.17) is 4.74 Å². The monoisotopic (exact) mass is 442 g/mol. The third-order valence-electron chi connectivity index (χ3n) is 4.55. The summed E-state index contributed by atoms with van der Waals surface area (Å²) in [4.78, 5) is 12.5. The maximum atomic E-state index is 13.0. The lowest BCUT2D eigenvalue weighted by molar-refractivity contribution is -0.122. The highest BCUT2D eigenvalue weighted by molar-refractivity contribution is 7.92. The highest BCUT2D eigenvalue weighted by Gasteiger charge is 2.18. The Morgan fingerprint density at radius 1 is 0.935 bits per heavy atom. The Morgan fingerprint density at radius 2 is 1.55 bits per heavy atom. The van der Waals surface area contributed by atoms with Crippen LogP contribution in [0.2, 0.25) is 0 Å². The summed E-state index contributed by atoms with van der Waals surface area (Å²) >= 11 is 0. The van der Waals surface area contributed by atoms with Crippen LogP contribution in [0.5, 0.6) is 5.75 Å². The minimum absolute atomic E-state index is 0.00880. The van der Waals surface area contributed by atoms with Crippen molar-refractivity contribution in [2.24, 2.45) is 0 Å². The highest BCUT2D eigenvalue weighted by Crippen LogP contribution is 2.22. The van der Waals surface area contributed by atoms with Crippen molar-refractivity contribution in [3.63, 3.8) is 0 Å². The zero-order valence-corrected chi connectivity index (χ0v) is 18.2. The van der Waals surface area contributed by atoms with Gasteiger partial charge in [-0.3, -0.25) is 9.52 Å². The summed E-state index contributed by atoms with van der Waals surface area (Å²) in [6.45, 7) is 5.48. The van der Waals surface area contributed by atoms with E-state index in [1.807, 2.05) is 32.0 Å². The van der Waals surface area contributed by atoms with Crippen LogP contribution in [0.15, 0.2) is 71.6 Å². The average Bonchev–Trinajstić information content (AvgIpc) is 2.72. The summed E-state index contributed by atoms with van der Waals surface area (Å²) in [7, 11) is -3.85. The second-order valence-electron chi connectivity index (χ2n) is 7.16. The van der Waals surface area contributed by atoms with Gasteiger partial charge in [0, 0.05) is 11.4 Å². The van der Waals surface area contributed by atoms with Gasteiger partial charge in [-0.25, -0.2) is 12.8 Å². The number of ether oxygens (including phenoxy) is 1. The van der Waals surface area contributed by atoms with E-state index in [2.05, 4.69) is 10.0 Å². The quantitative estimate of drug-likeness (QED) is 0.558. The molecular formula is C23H23FN2O4S.